The van der Waals surface area contributed by atoms with Gasteiger partial charge in [0.25, 0.3) is 0 Å². The van der Waals surface area contributed by atoms with Crippen LogP contribution in [0.2, 0.25) is 0 Å². The summed E-state index contributed by atoms with van der Waals surface area (Å²) in [5.74, 6) is 0.470. The highest BCUT2D eigenvalue weighted by atomic mass is 79.9. The lowest BCUT2D eigenvalue weighted by atomic mass is 10.3. The quantitative estimate of drug-likeness (QED) is 0.376. The van der Waals surface area contributed by atoms with Crippen molar-refractivity contribution in [2.24, 2.45) is 10.8 Å². The average molecular weight is 289 g/mol. The number of halogens is 1. The first-order valence-electron chi connectivity index (χ1n) is 3.92. The Hall–Kier alpha value is -1.21. The Morgan fingerprint density at radius 1 is 1.73 bits per heavy atom. The zero-order valence-corrected chi connectivity index (χ0v) is 10.3. The molecule has 0 amide bonds. The molecule has 0 radical (unpaired) electrons. The number of hydrazone groups is 1. The number of methoxy groups -OCH3 is 1. The fourth-order valence-electron chi connectivity index (χ4n) is 0.856. The van der Waals surface area contributed by atoms with Crippen LogP contribution in [0.1, 0.15) is 5.56 Å². The van der Waals surface area contributed by atoms with Gasteiger partial charge in [0.2, 0.25) is 5.88 Å². The summed E-state index contributed by atoms with van der Waals surface area (Å²) in [6, 6.07) is 3.59. The van der Waals surface area contributed by atoms with Crippen molar-refractivity contribution in [1.29, 1.82) is 0 Å². The first-order chi connectivity index (χ1) is 7.13. The fourth-order valence-corrected chi connectivity index (χ4v) is 1.20. The van der Waals surface area contributed by atoms with Crippen LogP contribution >= 0.6 is 28.1 Å². The second kappa shape index (κ2) is 5.62. The summed E-state index contributed by atoms with van der Waals surface area (Å²) in [4.78, 5) is 4.10. The van der Waals surface area contributed by atoms with Crippen molar-refractivity contribution < 1.29 is 4.74 Å². The summed E-state index contributed by atoms with van der Waals surface area (Å²) < 4.78 is 5.75. The normalized spacial score (nSPS) is 10.3. The molecule has 5 nitrogen and oxygen atoms in total. The highest BCUT2D eigenvalue weighted by molar-refractivity contribution is 9.10. The molecule has 15 heavy (non-hydrogen) atoms. The van der Waals surface area contributed by atoms with Gasteiger partial charge in [0.05, 0.1) is 18.9 Å². The van der Waals surface area contributed by atoms with E-state index < -0.39 is 0 Å². The first kappa shape index (κ1) is 11.9. The van der Waals surface area contributed by atoms with Crippen LogP contribution in [0.15, 0.2) is 21.8 Å². The number of thiocarbonyl (C=S) groups is 1. The van der Waals surface area contributed by atoms with Crippen molar-refractivity contribution in [2.75, 3.05) is 7.11 Å². The van der Waals surface area contributed by atoms with Crippen LogP contribution in [0.4, 0.5) is 0 Å². The number of nitrogens with zero attached hydrogens (tertiary/aromatic N) is 2. The predicted molar refractivity (Wildman–Crippen MR) is 66.0 cm³/mol. The molecule has 7 heteroatoms. The smallest absolute Gasteiger partial charge is 0.223 e. The number of rotatable bonds is 3. The standard InChI is InChI=1S/C8H9BrN4OS/c1-14-7-5(2-3-6(9)12-7)4-11-13-8(10)15/h2-4H,1H3,(H3,10,13,15)/b11-4-. The lowest BCUT2D eigenvalue weighted by Crippen LogP contribution is -2.24. The largest absolute Gasteiger partial charge is 0.480 e. The minimum Gasteiger partial charge on any atom is -0.480 e. The highest BCUT2D eigenvalue weighted by Crippen LogP contribution is 2.16. The van der Waals surface area contributed by atoms with Gasteiger partial charge in [-0.3, -0.25) is 5.43 Å². The Labute approximate surface area is 101 Å². The maximum Gasteiger partial charge on any atom is 0.223 e. The average Bonchev–Trinajstić information content (AvgIpc) is 2.19. The molecule has 0 saturated carbocycles. The monoisotopic (exact) mass is 288 g/mol. The maximum atomic E-state index is 5.20. The molecule has 80 valence electrons. The van der Waals surface area contributed by atoms with E-state index in [1.54, 1.807) is 12.1 Å². The molecule has 0 aromatic carbocycles. The SMILES string of the molecule is COc1nc(Br)ccc1/C=N\NC(N)=S. The molecule has 1 rings (SSSR count). The van der Waals surface area contributed by atoms with Gasteiger partial charge in [-0.15, -0.1) is 0 Å². The van der Waals surface area contributed by atoms with Gasteiger partial charge in [0.1, 0.15) is 4.60 Å². The lowest BCUT2D eigenvalue weighted by molar-refractivity contribution is 0.396. The molecule has 1 aromatic rings. The second-order valence-electron chi connectivity index (χ2n) is 2.47. The molecular formula is C8H9BrN4OS. The second-order valence-corrected chi connectivity index (χ2v) is 3.72. The molecule has 0 aliphatic rings. The van der Waals surface area contributed by atoms with Gasteiger partial charge in [-0.2, -0.15) is 5.10 Å². The van der Waals surface area contributed by atoms with E-state index in [2.05, 4.69) is 43.7 Å². The summed E-state index contributed by atoms with van der Waals surface area (Å²) in [7, 11) is 1.53. The van der Waals surface area contributed by atoms with Crippen LogP contribution in [0, 0.1) is 0 Å². The van der Waals surface area contributed by atoms with E-state index in [1.807, 2.05) is 0 Å². The van der Waals surface area contributed by atoms with Crippen LogP contribution in [-0.4, -0.2) is 23.4 Å². The topological polar surface area (TPSA) is 72.5 Å². The highest BCUT2D eigenvalue weighted by Gasteiger charge is 2.02. The number of ether oxygens (including phenoxy) is 1. The Morgan fingerprint density at radius 2 is 2.47 bits per heavy atom. The van der Waals surface area contributed by atoms with Gasteiger partial charge in [0.15, 0.2) is 5.11 Å². The van der Waals surface area contributed by atoms with Crippen molar-refractivity contribution in [2.45, 2.75) is 0 Å². The molecule has 0 fully saturated rings. The third-order valence-corrected chi connectivity index (χ3v) is 1.96. The van der Waals surface area contributed by atoms with Crippen molar-refractivity contribution in [3.05, 3.63) is 22.3 Å². The van der Waals surface area contributed by atoms with Gasteiger partial charge >= 0.3 is 0 Å². The van der Waals surface area contributed by atoms with E-state index >= 15 is 0 Å². The fraction of sp³-hybridized carbons (Fsp3) is 0.125. The third-order valence-electron chi connectivity index (χ3n) is 1.43. The number of pyridine rings is 1. The molecule has 0 spiro atoms. The van der Waals surface area contributed by atoms with Crippen LogP contribution in [0.25, 0.3) is 0 Å². The molecule has 0 aliphatic heterocycles. The minimum absolute atomic E-state index is 0.107. The van der Waals surface area contributed by atoms with Crippen molar-refractivity contribution in [1.82, 2.24) is 10.4 Å². The van der Waals surface area contributed by atoms with E-state index in [1.165, 1.54) is 13.3 Å². The zero-order valence-electron chi connectivity index (χ0n) is 7.90. The molecule has 0 aliphatic carbocycles. The van der Waals surface area contributed by atoms with E-state index in [9.17, 15) is 0 Å². The summed E-state index contributed by atoms with van der Waals surface area (Å²) >= 11 is 7.83. The molecule has 0 atom stereocenters. The molecule has 1 heterocycles. The Balaban J connectivity index is 2.84. The Bertz CT molecular complexity index is 396. The Morgan fingerprint density at radius 3 is 3.07 bits per heavy atom. The number of nitrogens with two attached hydrogens (primary N) is 1. The van der Waals surface area contributed by atoms with Crippen LogP contribution in [-0.2, 0) is 0 Å². The van der Waals surface area contributed by atoms with Crippen LogP contribution in [0.3, 0.4) is 0 Å². The van der Waals surface area contributed by atoms with Gasteiger partial charge < -0.3 is 10.5 Å². The van der Waals surface area contributed by atoms with E-state index in [4.69, 9.17) is 10.5 Å². The van der Waals surface area contributed by atoms with Crippen molar-refractivity contribution in [3.8, 4) is 5.88 Å². The van der Waals surface area contributed by atoms with Gasteiger partial charge in [-0.25, -0.2) is 4.98 Å². The van der Waals surface area contributed by atoms with Crippen LogP contribution < -0.4 is 15.9 Å². The number of hydrogen-bond donors (Lipinski definition) is 2. The molecule has 0 unspecified atom stereocenters. The van der Waals surface area contributed by atoms with Gasteiger partial charge in [-0.05, 0) is 40.3 Å². The third kappa shape index (κ3) is 3.80. The molecule has 0 bridgehead atoms. The van der Waals surface area contributed by atoms with E-state index in [0.717, 1.165) is 5.56 Å². The summed E-state index contributed by atoms with van der Waals surface area (Å²) in [6.45, 7) is 0. The van der Waals surface area contributed by atoms with E-state index in [-0.39, 0.29) is 5.11 Å². The summed E-state index contributed by atoms with van der Waals surface area (Å²) in [5, 5.41) is 3.91. The zero-order chi connectivity index (χ0) is 11.3. The molecule has 1 aromatic heterocycles. The Kier molecular flexibility index (Phi) is 4.44. The molecule has 3 N–H and O–H groups in total. The number of aromatic nitrogens is 1. The van der Waals surface area contributed by atoms with Crippen LogP contribution in [0.5, 0.6) is 5.88 Å². The predicted octanol–water partition coefficient (Wildman–Crippen LogP) is 1.02. The lowest BCUT2D eigenvalue weighted by Gasteiger charge is -2.03. The maximum absolute atomic E-state index is 5.20. The number of nitrogens with one attached hydrogen (secondary N) is 1. The molecule has 0 saturated heterocycles. The summed E-state index contributed by atoms with van der Waals surface area (Å²) in [5.41, 5.74) is 8.37. The number of hydrogen-bond acceptors (Lipinski definition) is 4. The van der Waals surface area contributed by atoms with Crippen molar-refractivity contribution >= 4 is 39.5 Å². The van der Waals surface area contributed by atoms with E-state index in [0.29, 0.717) is 10.5 Å². The summed E-state index contributed by atoms with van der Waals surface area (Å²) in [6.07, 6.45) is 1.53. The molecular weight excluding hydrogens is 280 g/mol. The van der Waals surface area contributed by atoms with Gasteiger partial charge in [-0.1, -0.05) is 0 Å². The van der Waals surface area contributed by atoms with Crippen molar-refractivity contribution in [3.63, 3.8) is 0 Å². The van der Waals surface area contributed by atoms with Gasteiger partial charge in [0, 0.05) is 0 Å². The first-order valence-corrected chi connectivity index (χ1v) is 5.12. The minimum atomic E-state index is 0.107.